The zero-order valence-corrected chi connectivity index (χ0v) is 16.8. The van der Waals surface area contributed by atoms with Gasteiger partial charge in [-0.15, -0.1) is 0 Å². The van der Waals surface area contributed by atoms with Crippen molar-refractivity contribution in [3.05, 3.63) is 82.8 Å². The third-order valence-electron chi connectivity index (χ3n) is 4.13. The Labute approximate surface area is 168 Å². The number of hydrogen-bond donors (Lipinski definition) is 2. The van der Waals surface area contributed by atoms with Crippen molar-refractivity contribution in [2.24, 2.45) is 0 Å². The van der Waals surface area contributed by atoms with Crippen LogP contribution in [0, 0.1) is 6.92 Å². The van der Waals surface area contributed by atoms with Gasteiger partial charge in [-0.05, 0) is 61.9 Å². The van der Waals surface area contributed by atoms with Crippen molar-refractivity contribution in [3.63, 3.8) is 0 Å². The molecule has 0 aliphatic rings. The molecule has 0 fully saturated rings. The van der Waals surface area contributed by atoms with Crippen LogP contribution in [-0.4, -0.2) is 14.3 Å². The van der Waals surface area contributed by atoms with Gasteiger partial charge in [-0.25, -0.2) is 8.42 Å². The number of halogens is 1. The van der Waals surface area contributed by atoms with E-state index in [9.17, 15) is 13.2 Å². The van der Waals surface area contributed by atoms with Gasteiger partial charge in [0.1, 0.15) is 5.76 Å². The molecule has 0 unspecified atom stereocenters. The van der Waals surface area contributed by atoms with E-state index in [1.165, 1.54) is 18.4 Å². The van der Waals surface area contributed by atoms with Gasteiger partial charge in [-0.2, -0.15) is 0 Å². The summed E-state index contributed by atoms with van der Waals surface area (Å²) in [5, 5.41) is 3.20. The van der Waals surface area contributed by atoms with Crippen LogP contribution in [0.3, 0.4) is 0 Å². The molecule has 0 spiro atoms. The fraction of sp³-hybridized carbons (Fsp3) is 0.150. The van der Waals surface area contributed by atoms with Crippen molar-refractivity contribution in [2.75, 3.05) is 4.72 Å². The first-order valence-corrected chi connectivity index (χ1v) is 10.4. The van der Waals surface area contributed by atoms with Crippen LogP contribution in [0.25, 0.3) is 0 Å². The summed E-state index contributed by atoms with van der Waals surface area (Å²) in [6, 6.07) is 14.1. The number of sulfonamides is 1. The van der Waals surface area contributed by atoms with Gasteiger partial charge in [0.25, 0.3) is 15.9 Å². The highest BCUT2D eigenvalue weighted by atomic mass is 35.5. The second-order valence-electron chi connectivity index (χ2n) is 6.31. The summed E-state index contributed by atoms with van der Waals surface area (Å²) in [6.07, 6.45) is 1.52. The number of nitrogens with one attached hydrogen (secondary N) is 2. The fourth-order valence-corrected chi connectivity index (χ4v) is 4.19. The molecule has 0 saturated heterocycles. The maximum Gasteiger partial charge on any atom is 0.262 e. The summed E-state index contributed by atoms with van der Waals surface area (Å²) in [6.45, 7) is 3.45. The first kappa shape index (κ1) is 20.0. The maximum atomic E-state index is 12.8. The molecule has 6 nitrogen and oxygen atoms in total. The first-order chi connectivity index (χ1) is 13.3. The molecule has 3 aromatic rings. The van der Waals surface area contributed by atoms with Gasteiger partial charge in [-0.1, -0.05) is 23.7 Å². The molecule has 0 aliphatic heterocycles. The van der Waals surface area contributed by atoms with Crippen molar-refractivity contribution >= 4 is 33.2 Å². The highest BCUT2D eigenvalue weighted by Gasteiger charge is 2.20. The second-order valence-corrected chi connectivity index (χ2v) is 8.39. The molecule has 1 aromatic heterocycles. The Morgan fingerprint density at radius 2 is 1.89 bits per heavy atom. The highest BCUT2D eigenvalue weighted by Crippen LogP contribution is 2.23. The molecule has 3 rings (SSSR count). The van der Waals surface area contributed by atoms with Crippen LogP contribution in [0.15, 0.2) is 70.2 Å². The van der Waals surface area contributed by atoms with Crippen LogP contribution in [0.2, 0.25) is 5.02 Å². The van der Waals surface area contributed by atoms with E-state index in [4.69, 9.17) is 16.0 Å². The number of hydrogen-bond acceptors (Lipinski definition) is 4. The zero-order valence-electron chi connectivity index (χ0n) is 15.3. The predicted molar refractivity (Wildman–Crippen MR) is 108 cm³/mol. The van der Waals surface area contributed by atoms with Crippen LogP contribution in [0.5, 0.6) is 0 Å². The average Bonchev–Trinajstić information content (AvgIpc) is 3.16. The summed E-state index contributed by atoms with van der Waals surface area (Å²) in [4.78, 5) is 12.6. The van der Waals surface area contributed by atoms with E-state index in [-0.39, 0.29) is 16.5 Å². The molecule has 0 radical (unpaired) electrons. The third kappa shape index (κ3) is 4.55. The number of anilines is 1. The number of carbonyl (C=O) groups excluding carboxylic acids is 1. The van der Waals surface area contributed by atoms with Gasteiger partial charge in [0.2, 0.25) is 0 Å². The summed E-state index contributed by atoms with van der Waals surface area (Å²) >= 11 is 5.91. The molecule has 1 amide bonds. The summed E-state index contributed by atoms with van der Waals surface area (Å²) in [5.74, 6) is 0.207. The number of furan rings is 1. The number of rotatable bonds is 6. The molecule has 2 N–H and O–H groups in total. The SMILES string of the molecule is Cc1ccc(C(=O)N[C@@H](C)c2ccco2)cc1S(=O)(=O)Nc1cccc(Cl)c1. The topological polar surface area (TPSA) is 88.4 Å². The Morgan fingerprint density at radius 3 is 2.57 bits per heavy atom. The first-order valence-electron chi connectivity index (χ1n) is 8.49. The minimum absolute atomic E-state index is 0.0192. The quantitative estimate of drug-likeness (QED) is 0.615. The summed E-state index contributed by atoms with van der Waals surface area (Å²) < 4.78 is 33.4. The van der Waals surface area contributed by atoms with Crippen molar-refractivity contribution in [3.8, 4) is 0 Å². The van der Waals surface area contributed by atoms with Crippen LogP contribution in [-0.2, 0) is 10.0 Å². The maximum absolute atomic E-state index is 12.8. The Bertz CT molecular complexity index is 1100. The van der Waals surface area contributed by atoms with Crippen molar-refractivity contribution < 1.29 is 17.6 Å². The smallest absolute Gasteiger partial charge is 0.262 e. The molecule has 0 aliphatic carbocycles. The van der Waals surface area contributed by atoms with E-state index >= 15 is 0 Å². The van der Waals surface area contributed by atoms with E-state index in [2.05, 4.69) is 10.0 Å². The standard InChI is InChI=1S/C20H19ClN2O4S/c1-13-8-9-15(20(24)22-14(2)18-7-4-10-27-18)11-19(13)28(25,26)23-17-6-3-5-16(21)12-17/h3-12,14,23H,1-2H3,(H,22,24)/t14-/m0/s1. The molecule has 2 aromatic carbocycles. The Morgan fingerprint density at radius 1 is 1.11 bits per heavy atom. The van der Waals surface area contributed by atoms with Gasteiger partial charge >= 0.3 is 0 Å². The van der Waals surface area contributed by atoms with Gasteiger partial charge in [0.15, 0.2) is 0 Å². The summed E-state index contributed by atoms with van der Waals surface area (Å²) in [7, 11) is -3.90. The monoisotopic (exact) mass is 418 g/mol. The van der Waals surface area contributed by atoms with E-state index in [0.717, 1.165) is 0 Å². The van der Waals surface area contributed by atoms with Gasteiger partial charge < -0.3 is 9.73 Å². The molecule has 8 heteroatoms. The zero-order chi connectivity index (χ0) is 20.3. The molecule has 0 bridgehead atoms. The Balaban J connectivity index is 1.85. The Kier molecular flexibility index (Phi) is 5.76. The third-order valence-corrected chi connectivity index (χ3v) is 5.89. The normalized spacial score (nSPS) is 12.4. The fourth-order valence-electron chi connectivity index (χ4n) is 2.68. The van der Waals surface area contributed by atoms with Crippen molar-refractivity contribution in [2.45, 2.75) is 24.8 Å². The predicted octanol–water partition coefficient (Wildman–Crippen LogP) is 4.53. The van der Waals surface area contributed by atoms with E-state index in [1.54, 1.807) is 56.3 Å². The van der Waals surface area contributed by atoms with Crippen LogP contribution >= 0.6 is 11.6 Å². The van der Waals surface area contributed by atoms with Crippen molar-refractivity contribution in [1.29, 1.82) is 0 Å². The Hall–Kier alpha value is -2.77. The van der Waals surface area contributed by atoms with Crippen molar-refractivity contribution in [1.82, 2.24) is 5.32 Å². The molecular weight excluding hydrogens is 400 g/mol. The second kappa shape index (κ2) is 8.08. The largest absolute Gasteiger partial charge is 0.467 e. The number of benzene rings is 2. The van der Waals surface area contributed by atoms with Gasteiger partial charge in [0.05, 0.1) is 22.9 Å². The highest BCUT2D eigenvalue weighted by molar-refractivity contribution is 7.92. The molecule has 0 saturated carbocycles. The van der Waals surface area contributed by atoms with E-state index < -0.39 is 15.9 Å². The lowest BCUT2D eigenvalue weighted by Crippen LogP contribution is -2.26. The average molecular weight is 419 g/mol. The molecule has 1 heterocycles. The minimum Gasteiger partial charge on any atom is -0.467 e. The molecule has 146 valence electrons. The van der Waals surface area contributed by atoms with Crippen LogP contribution in [0.4, 0.5) is 5.69 Å². The van der Waals surface area contributed by atoms with E-state index in [1.807, 2.05) is 0 Å². The van der Waals surface area contributed by atoms with Crippen LogP contribution in [0.1, 0.15) is 34.6 Å². The number of amides is 1. The van der Waals surface area contributed by atoms with Gasteiger partial charge in [0, 0.05) is 10.6 Å². The number of aryl methyl sites for hydroxylation is 1. The molecule has 1 atom stereocenters. The lowest BCUT2D eigenvalue weighted by atomic mass is 10.1. The minimum atomic E-state index is -3.90. The van der Waals surface area contributed by atoms with E-state index in [0.29, 0.717) is 22.0 Å². The lowest BCUT2D eigenvalue weighted by molar-refractivity contribution is 0.0935. The summed E-state index contributed by atoms with van der Waals surface area (Å²) in [5.41, 5.74) is 1.09. The molecular formula is C20H19ClN2O4S. The lowest BCUT2D eigenvalue weighted by Gasteiger charge is -2.14. The molecule has 28 heavy (non-hydrogen) atoms. The van der Waals surface area contributed by atoms with Crippen LogP contribution < -0.4 is 10.0 Å². The number of carbonyl (C=O) groups is 1. The van der Waals surface area contributed by atoms with Gasteiger partial charge in [-0.3, -0.25) is 9.52 Å².